The predicted molar refractivity (Wildman–Crippen MR) is 176 cm³/mol. The van der Waals surface area contributed by atoms with Crippen molar-refractivity contribution < 1.29 is 22.7 Å². The van der Waals surface area contributed by atoms with Crippen LogP contribution in [0.5, 0.6) is 5.75 Å². The summed E-state index contributed by atoms with van der Waals surface area (Å²) in [4.78, 5) is 29.3. The number of rotatable bonds is 16. The Bertz CT molecular complexity index is 1430. The Morgan fingerprint density at radius 1 is 0.953 bits per heavy atom. The Morgan fingerprint density at radius 2 is 1.63 bits per heavy atom. The fourth-order valence-electron chi connectivity index (χ4n) is 4.71. The van der Waals surface area contributed by atoms with E-state index in [-0.39, 0.29) is 43.8 Å². The molecular weight excluding hydrogens is 630 g/mol. The third-order valence-electron chi connectivity index (χ3n) is 7.10. The molecule has 0 fully saturated rings. The number of carbonyl (C=O) groups is 2. The number of amides is 2. The molecule has 0 unspecified atom stereocenters. The highest BCUT2D eigenvalue weighted by atomic mass is 79.9. The van der Waals surface area contributed by atoms with E-state index in [0.717, 1.165) is 28.3 Å². The van der Waals surface area contributed by atoms with E-state index in [1.54, 1.807) is 29.2 Å². The fourth-order valence-corrected chi connectivity index (χ4v) is 6.12. The van der Waals surface area contributed by atoms with Crippen molar-refractivity contribution in [1.82, 2.24) is 10.2 Å². The number of benzene rings is 3. The Labute approximate surface area is 264 Å². The van der Waals surface area contributed by atoms with Gasteiger partial charge in [-0.3, -0.25) is 13.9 Å². The molecule has 0 spiro atoms. The minimum atomic E-state index is -3.60. The summed E-state index contributed by atoms with van der Waals surface area (Å²) in [6.45, 7) is 6.68. The smallest absolute Gasteiger partial charge is 0.243 e. The van der Waals surface area contributed by atoms with Gasteiger partial charge >= 0.3 is 0 Å². The molecule has 232 valence electrons. The van der Waals surface area contributed by atoms with Gasteiger partial charge in [0.25, 0.3) is 0 Å². The maximum absolute atomic E-state index is 14.0. The van der Waals surface area contributed by atoms with Gasteiger partial charge in [-0.25, -0.2) is 8.42 Å². The van der Waals surface area contributed by atoms with Crippen LogP contribution < -0.4 is 14.4 Å². The molecule has 0 aromatic heterocycles. The van der Waals surface area contributed by atoms with E-state index in [9.17, 15) is 18.0 Å². The summed E-state index contributed by atoms with van der Waals surface area (Å²) in [6, 6.07) is 23.4. The maximum atomic E-state index is 14.0. The molecule has 3 aromatic carbocycles. The van der Waals surface area contributed by atoms with Crippen LogP contribution >= 0.6 is 15.9 Å². The van der Waals surface area contributed by atoms with Gasteiger partial charge in [-0.1, -0.05) is 65.3 Å². The zero-order valence-corrected chi connectivity index (χ0v) is 27.7. The van der Waals surface area contributed by atoms with Crippen LogP contribution in [0, 0.1) is 0 Å². The molecule has 0 aliphatic heterocycles. The van der Waals surface area contributed by atoms with Crippen molar-refractivity contribution in [2.75, 3.05) is 23.7 Å². The van der Waals surface area contributed by atoms with E-state index in [1.165, 1.54) is 4.31 Å². The minimum absolute atomic E-state index is 0.0500. The van der Waals surface area contributed by atoms with Crippen LogP contribution in [0.25, 0.3) is 0 Å². The SMILES string of the molecule is CCOc1ccc(N(CCCC(=O)N(Cc2cccc(Br)c2)[C@H](Cc2ccccc2)C(=O)N[C@H](C)CC)S(C)(=O)=O)cc1. The quantitative estimate of drug-likeness (QED) is 0.203. The van der Waals surface area contributed by atoms with Gasteiger partial charge in [0.15, 0.2) is 0 Å². The predicted octanol–water partition coefficient (Wildman–Crippen LogP) is 5.95. The number of nitrogens with one attached hydrogen (secondary N) is 1. The molecule has 43 heavy (non-hydrogen) atoms. The monoisotopic (exact) mass is 671 g/mol. The number of carbonyl (C=O) groups excluding carboxylic acids is 2. The van der Waals surface area contributed by atoms with E-state index in [1.807, 2.05) is 75.4 Å². The average Bonchev–Trinajstić information content (AvgIpc) is 2.97. The summed E-state index contributed by atoms with van der Waals surface area (Å²) < 4.78 is 33.1. The van der Waals surface area contributed by atoms with E-state index in [4.69, 9.17) is 4.74 Å². The Balaban J connectivity index is 1.87. The standard InChI is InChI=1S/C33H42BrN3O5S/c1-5-25(3)35-33(39)31(23-26-12-8-7-9-13-26)36(24-27-14-10-15-28(34)22-27)32(38)16-11-21-37(43(4,40)41)29-17-19-30(20-18-29)42-6-2/h7-10,12-15,17-20,22,25,31H,5-6,11,16,21,23-24H2,1-4H3,(H,35,39)/t25-,31-/m1/s1. The van der Waals surface area contributed by atoms with Gasteiger partial charge in [0.2, 0.25) is 21.8 Å². The van der Waals surface area contributed by atoms with Crippen LogP contribution in [-0.2, 0) is 32.6 Å². The van der Waals surface area contributed by atoms with E-state index < -0.39 is 16.1 Å². The molecule has 8 nitrogen and oxygen atoms in total. The second kappa shape index (κ2) is 16.5. The molecular formula is C33H42BrN3O5S. The summed E-state index contributed by atoms with van der Waals surface area (Å²) in [5.41, 5.74) is 2.32. The van der Waals surface area contributed by atoms with E-state index in [2.05, 4.69) is 21.2 Å². The first-order valence-corrected chi connectivity index (χ1v) is 17.2. The molecule has 1 N–H and O–H groups in total. The molecule has 0 aliphatic rings. The van der Waals surface area contributed by atoms with Crippen molar-refractivity contribution in [3.63, 3.8) is 0 Å². The Hall–Kier alpha value is -3.37. The molecule has 2 amide bonds. The van der Waals surface area contributed by atoms with Crippen LogP contribution in [0.4, 0.5) is 5.69 Å². The lowest BCUT2D eigenvalue weighted by Crippen LogP contribution is -2.52. The van der Waals surface area contributed by atoms with Gasteiger partial charge < -0.3 is 15.0 Å². The van der Waals surface area contributed by atoms with Crippen molar-refractivity contribution >= 4 is 43.5 Å². The van der Waals surface area contributed by atoms with Gasteiger partial charge in [0.1, 0.15) is 11.8 Å². The van der Waals surface area contributed by atoms with Crippen LogP contribution in [-0.4, -0.2) is 56.6 Å². The number of sulfonamides is 1. The molecule has 3 rings (SSSR count). The highest BCUT2D eigenvalue weighted by Gasteiger charge is 2.31. The topological polar surface area (TPSA) is 96.0 Å². The minimum Gasteiger partial charge on any atom is -0.494 e. The van der Waals surface area contributed by atoms with Crippen LogP contribution in [0.2, 0.25) is 0 Å². The van der Waals surface area contributed by atoms with Crippen LogP contribution in [0.15, 0.2) is 83.3 Å². The third-order valence-corrected chi connectivity index (χ3v) is 8.79. The fraction of sp³-hybridized carbons (Fsp3) is 0.394. The Kier molecular flexibility index (Phi) is 13.1. The number of anilines is 1. The molecule has 2 atom stereocenters. The van der Waals surface area contributed by atoms with Gasteiger partial charge in [0, 0.05) is 36.4 Å². The summed E-state index contributed by atoms with van der Waals surface area (Å²) in [5, 5.41) is 3.07. The molecule has 0 saturated heterocycles. The molecule has 3 aromatic rings. The van der Waals surface area contributed by atoms with E-state index in [0.29, 0.717) is 24.5 Å². The van der Waals surface area contributed by atoms with Gasteiger partial charge in [-0.2, -0.15) is 0 Å². The first-order valence-electron chi connectivity index (χ1n) is 14.6. The molecule has 0 radical (unpaired) electrons. The van der Waals surface area contributed by atoms with Crippen molar-refractivity contribution in [2.45, 2.75) is 65.1 Å². The zero-order valence-electron chi connectivity index (χ0n) is 25.3. The lowest BCUT2D eigenvalue weighted by Gasteiger charge is -2.32. The number of hydrogen-bond donors (Lipinski definition) is 1. The van der Waals surface area contributed by atoms with Crippen molar-refractivity contribution in [1.29, 1.82) is 0 Å². The van der Waals surface area contributed by atoms with Crippen molar-refractivity contribution in [3.8, 4) is 5.75 Å². The van der Waals surface area contributed by atoms with Gasteiger partial charge in [0.05, 0.1) is 18.6 Å². The first kappa shape index (κ1) is 34.1. The van der Waals surface area contributed by atoms with E-state index >= 15 is 0 Å². The first-order chi connectivity index (χ1) is 20.5. The molecule has 0 heterocycles. The number of halogens is 1. The molecule has 0 saturated carbocycles. The number of hydrogen-bond acceptors (Lipinski definition) is 5. The second-order valence-electron chi connectivity index (χ2n) is 10.5. The number of nitrogens with zero attached hydrogens (tertiary/aromatic N) is 2. The zero-order chi connectivity index (χ0) is 31.4. The summed E-state index contributed by atoms with van der Waals surface area (Å²) in [6.07, 6.45) is 2.61. The second-order valence-corrected chi connectivity index (χ2v) is 13.4. The number of ether oxygens (including phenoxy) is 1. The van der Waals surface area contributed by atoms with Gasteiger partial charge in [-0.15, -0.1) is 0 Å². The third kappa shape index (κ3) is 10.7. The Morgan fingerprint density at radius 3 is 2.23 bits per heavy atom. The average molecular weight is 673 g/mol. The largest absolute Gasteiger partial charge is 0.494 e. The summed E-state index contributed by atoms with van der Waals surface area (Å²) in [5.74, 6) is 0.215. The molecule has 0 bridgehead atoms. The van der Waals surface area contributed by atoms with Crippen LogP contribution in [0.1, 0.15) is 51.2 Å². The van der Waals surface area contributed by atoms with Crippen molar-refractivity contribution in [2.24, 2.45) is 0 Å². The van der Waals surface area contributed by atoms with Gasteiger partial charge in [-0.05, 0) is 74.2 Å². The molecule has 0 aliphatic carbocycles. The van der Waals surface area contributed by atoms with Crippen LogP contribution in [0.3, 0.4) is 0 Å². The normalized spacial score (nSPS) is 12.7. The highest BCUT2D eigenvalue weighted by molar-refractivity contribution is 9.10. The summed E-state index contributed by atoms with van der Waals surface area (Å²) in [7, 11) is -3.60. The maximum Gasteiger partial charge on any atom is 0.243 e. The summed E-state index contributed by atoms with van der Waals surface area (Å²) >= 11 is 3.51. The lowest BCUT2D eigenvalue weighted by atomic mass is 10.0. The molecule has 10 heteroatoms. The lowest BCUT2D eigenvalue weighted by molar-refractivity contribution is -0.141. The van der Waals surface area contributed by atoms with Crippen molar-refractivity contribution in [3.05, 3.63) is 94.5 Å². The highest BCUT2D eigenvalue weighted by Crippen LogP contribution is 2.23.